The van der Waals surface area contributed by atoms with E-state index in [1.807, 2.05) is 0 Å². The summed E-state index contributed by atoms with van der Waals surface area (Å²) in [5.74, 6) is -2.96. The lowest BCUT2D eigenvalue weighted by atomic mass is 9.97. The van der Waals surface area contributed by atoms with E-state index in [4.69, 9.17) is 4.74 Å². The Morgan fingerprint density at radius 2 is 1.94 bits per heavy atom. The van der Waals surface area contributed by atoms with Crippen LogP contribution in [0.5, 0.6) is 0 Å². The molecule has 1 atom stereocenters. The highest BCUT2D eigenvalue weighted by Crippen LogP contribution is 2.38. The third-order valence-electron chi connectivity index (χ3n) is 4.92. The number of nitrogens with one attached hydrogen (secondary N) is 1. The van der Waals surface area contributed by atoms with Crippen molar-refractivity contribution in [2.45, 2.75) is 19.1 Å². The van der Waals surface area contributed by atoms with Gasteiger partial charge in [0.2, 0.25) is 0 Å². The molecule has 8 nitrogen and oxygen atoms in total. The predicted molar refractivity (Wildman–Crippen MR) is 125 cm³/mol. The second-order valence-electron chi connectivity index (χ2n) is 7.20. The molecule has 1 aromatic heterocycles. The summed E-state index contributed by atoms with van der Waals surface area (Å²) < 4.78 is 57.9. The van der Waals surface area contributed by atoms with Crippen LogP contribution in [0, 0.1) is 5.82 Å². The Bertz CT molecular complexity index is 1290. The molecule has 36 heavy (non-hydrogen) atoms. The molecule has 4 rings (SSSR count). The SMILES string of the molecule is CCOC(=O)C1=C(N2C=CN(C(=O)C(F)(F)F)C=C2)NC(c2nccs2)=NC1c1ccc(F)cc1Br. The molecule has 0 bridgehead atoms. The Morgan fingerprint density at radius 3 is 2.53 bits per heavy atom. The molecule has 0 radical (unpaired) electrons. The van der Waals surface area contributed by atoms with Crippen LogP contribution in [0.15, 0.2) is 75.4 Å². The van der Waals surface area contributed by atoms with Crippen molar-refractivity contribution in [3.63, 3.8) is 0 Å². The van der Waals surface area contributed by atoms with Gasteiger partial charge < -0.3 is 15.0 Å². The summed E-state index contributed by atoms with van der Waals surface area (Å²) in [5.41, 5.74) is 0.445. The third kappa shape index (κ3) is 5.18. The number of thiazole rings is 1. The third-order valence-corrected chi connectivity index (χ3v) is 6.39. The number of ether oxygens (including phenoxy) is 1. The van der Waals surface area contributed by atoms with E-state index in [9.17, 15) is 27.2 Å². The number of amidine groups is 1. The summed E-state index contributed by atoms with van der Waals surface area (Å²) in [5, 5.41) is 5.19. The number of aromatic nitrogens is 1. The van der Waals surface area contributed by atoms with Gasteiger partial charge in [-0.25, -0.2) is 14.2 Å². The molecule has 1 N–H and O–H groups in total. The van der Waals surface area contributed by atoms with Gasteiger partial charge in [0.25, 0.3) is 0 Å². The first-order valence-corrected chi connectivity index (χ1v) is 11.9. The lowest BCUT2D eigenvalue weighted by molar-refractivity contribution is -0.180. The average molecular weight is 586 g/mol. The van der Waals surface area contributed by atoms with Gasteiger partial charge in [-0.2, -0.15) is 13.2 Å². The minimum Gasteiger partial charge on any atom is -0.462 e. The highest BCUT2D eigenvalue weighted by molar-refractivity contribution is 9.10. The Kier molecular flexibility index (Phi) is 7.26. The molecule has 1 amide bonds. The molecule has 2 aliphatic heterocycles. The number of alkyl halides is 3. The second-order valence-corrected chi connectivity index (χ2v) is 8.95. The van der Waals surface area contributed by atoms with Gasteiger partial charge in [-0.1, -0.05) is 22.0 Å². The summed E-state index contributed by atoms with van der Waals surface area (Å²) in [4.78, 5) is 35.3. The molecule has 14 heteroatoms. The number of carbonyl (C=O) groups excluding carboxylic acids is 2. The van der Waals surface area contributed by atoms with Gasteiger partial charge in [0.05, 0.1) is 6.61 Å². The van der Waals surface area contributed by atoms with Gasteiger partial charge in [-0.15, -0.1) is 11.3 Å². The summed E-state index contributed by atoms with van der Waals surface area (Å²) in [6.07, 6.45) is 0.647. The van der Waals surface area contributed by atoms with E-state index in [2.05, 4.69) is 31.2 Å². The van der Waals surface area contributed by atoms with E-state index < -0.39 is 29.9 Å². The van der Waals surface area contributed by atoms with Crippen molar-refractivity contribution in [1.29, 1.82) is 0 Å². The van der Waals surface area contributed by atoms with E-state index in [0.717, 1.165) is 12.4 Å². The van der Waals surface area contributed by atoms with Gasteiger partial charge >= 0.3 is 18.1 Å². The Hall–Kier alpha value is -3.52. The van der Waals surface area contributed by atoms with E-state index >= 15 is 0 Å². The molecule has 0 aliphatic carbocycles. The van der Waals surface area contributed by atoms with Crippen molar-refractivity contribution < 1.29 is 31.9 Å². The molecule has 0 spiro atoms. The number of carbonyl (C=O) groups is 2. The molecular formula is C22H16BrF4N5O3S. The summed E-state index contributed by atoms with van der Waals surface area (Å²) in [6, 6.07) is 2.90. The molecule has 3 heterocycles. The Balaban J connectivity index is 1.83. The number of amides is 1. The van der Waals surface area contributed by atoms with Crippen LogP contribution < -0.4 is 5.32 Å². The Morgan fingerprint density at radius 1 is 1.22 bits per heavy atom. The van der Waals surface area contributed by atoms with Crippen molar-refractivity contribution in [3.8, 4) is 0 Å². The zero-order valence-electron chi connectivity index (χ0n) is 18.3. The second kappa shape index (κ2) is 10.2. The molecule has 188 valence electrons. The molecule has 1 unspecified atom stereocenters. The number of hydrogen-bond donors (Lipinski definition) is 1. The highest BCUT2D eigenvalue weighted by atomic mass is 79.9. The fourth-order valence-corrected chi connectivity index (χ4v) is 4.53. The maximum absolute atomic E-state index is 13.8. The van der Waals surface area contributed by atoms with Crippen molar-refractivity contribution >= 4 is 45.0 Å². The molecular weight excluding hydrogens is 570 g/mol. The quantitative estimate of drug-likeness (QED) is 0.409. The minimum atomic E-state index is -5.07. The van der Waals surface area contributed by atoms with Crippen molar-refractivity contribution in [3.05, 3.63) is 86.8 Å². The monoisotopic (exact) mass is 585 g/mol. The first kappa shape index (κ1) is 25.6. The maximum atomic E-state index is 13.8. The fraction of sp³-hybridized carbons (Fsp3) is 0.182. The molecule has 1 aromatic carbocycles. The van der Waals surface area contributed by atoms with E-state index in [-0.39, 0.29) is 23.8 Å². The van der Waals surface area contributed by atoms with Crippen LogP contribution in [-0.4, -0.2) is 45.3 Å². The van der Waals surface area contributed by atoms with Gasteiger partial charge in [-0.05, 0) is 24.6 Å². The molecule has 0 saturated heterocycles. The van der Waals surface area contributed by atoms with Gasteiger partial charge in [-0.3, -0.25) is 14.7 Å². The topological polar surface area (TPSA) is 87.1 Å². The van der Waals surface area contributed by atoms with Gasteiger partial charge in [0.15, 0.2) is 10.8 Å². The van der Waals surface area contributed by atoms with E-state index in [0.29, 0.717) is 19.9 Å². The smallest absolute Gasteiger partial charge is 0.462 e. The maximum Gasteiger partial charge on any atom is 0.472 e. The number of benzene rings is 1. The van der Waals surface area contributed by atoms with Crippen LogP contribution in [0.3, 0.4) is 0 Å². The van der Waals surface area contributed by atoms with Crippen molar-refractivity contribution in [2.24, 2.45) is 4.99 Å². The van der Waals surface area contributed by atoms with Crippen LogP contribution in [0.2, 0.25) is 0 Å². The normalized spacial score (nSPS) is 17.7. The number of nitrogens with zero attached hydrogens (tertiary/aromatic N) is 4. The molecule has 2 aliphatic rings. The zero-order valence-corrected chi connectivity index (χ0v) is 20.7. The van der Waals surface area contributed by atoms with Crippen molar-refractivity contribution in [2.75, 3.05) is 6.61 Å². The average Bonchev–Trinajstić information content (AvgIpc) is 3.38. The predicted octanol–water partition coefficient (Wildman–Crippen LogP) is 4.56. The van der Waals surface area contributed by atoms with E-state index in [1.165, 1.54) is 46.8 Å². The van der Waals surface area contributed by atoms with Crippen LogP contribution >= 0.6 is 27.3 Å². The zero-order chi connectivity index (χ0) is 26.0. The van der Waals surface area contributed by atoms with Crippen LogP contribution in [0.4, 0.5) is 17.6 Å². The number of halogens is 5. The molecule has 2 aromatic rings. The number of aliphatic imine (C=N–C) groups is 1. The highest BCUT2D eigenvalue weighted by Gasteiger charge is 2.42. The van der Waals surface area contributed by atoms with Crippen molar-refractivity contribution in [1.82, 2.24) is 20.1 Å². The number of esters is 1. The van der Waals surface area contributed by atoms with Crippen LogP contribution in [0.25, 0.3) is 0 Å². The van der Waals surface area contributed by atoms with E-state index in [1.54, 1.807) is 18.5 Å². The van der Waals surface area contributed by atoms with Gasteiger partial charge in [0, 0.05) is 40.8 Å². The first-order chi connectivity index (χ1) is 17.1. The number of hydrogen-bond acceptors (Lipinski definition) is 8. The first-order valence-electron chi connectivity index (χ1n) is 10.3. The largest absolute Gasteiger partial charge is 0.472 e. The standard InChI is InChI=1S/C22H16BrF4N5O3S/c1-2-35-20(33)15-16(13-4-3-12(24)11-14(13)23)29-17(19-28-5-10-36-19)30-18(15)31-6-8-32(9-7-31)21(34)22(25,26)27/h3-11,16H,2H2,1H3,(H,29,30). The van der Waals surface area contributed by atoms with Gasteiger partial charge in [0.1, 0.15) is 23.3 Å². The lowest BCUT2D eigenvalue weighted by Crippen LogP contribution is -2.41. The number of rotatable bonds is 5. The molecule has 0 fully saturated rings. The Labute approximate surface area is 214 Å². The van der Waals surface area contributed by atoms with Crippen LogP contribution in [0.1, 0.15) is 23.5 Å². The summed E-state index contributed by atoms with van der Waals surface area (Å²) in [6.45, 7) is 1.65. The van der Waals surface area contributed by atoms with Crippen LogP contribution in [-0.2, 0) is 14.3 Å². The molecule has 0 saturated carbocycles. The lowest BCUT2D eigenvalue weighted by Gasteiger charge is -2.33. The summed E-state index contributed by atoms with van der Waals surface area (Å²) >= 11 is 4.58. The fourth-order valence-electron chi connectivity index (χ4n) is 3.37. The summed E-state index contributed by atoms with van der Waals surface area (Å²) in [7, 11) is 0. The minimum absolute atomic E-state index is 0.00867.